The van der Waals surface area contributed by atoms with Gasteiger partial charge in [0.05, 0.1) is 5.76 Å². The van der Waals surface area contributed by atoms with Gasteiger partial charge in [0.25, 0.3) is 0 Å². The molecule has 0 bridgehead atoms. The summed E-state index contributed by atoms with van der Waals surface area (Å²) in [4.78, 5) is 0. The fourth-order valence-electron chi connectivity index (χ4n) is 1.88. The van der Waals surface area contributed by atoms with Crippen LogP contribution in [0.1, 0.15) is 31.9 Å². The fourth-order valence-corrected chi connectivity index (χ4v) is 1.88. The molecule has 0 spiro atoms. The lowest BCUT2D eigenvalue weighted by molar-refractivity contribution is 0.0308. The molecule has 1 heteroatoms. The molecule has 2 rings (SSSR count). The maximum absolute atomic E-state index is 5.76. The standard InChI is InChI=1S/C12H14O/c1-9-8-10-6-4-5-7-11(10)12(2,3)13-9/h4-8H,1-3H3. The predicted octanol–water partition coefficient (Wildman–Crippen LogP) is 3.31. The van der Waals surface area contributed by atoms with Crippen LogP contribution in [0.2, 0.25) is 0 Å². The van der Waals surface area contributed by atoms with Crippen LogP contribution in [-0.4, -0.2) is 0 Å². The molecule has 1 aliphatic rings. The zero-order chi connectivity index (χ0) is 9.47. The molecule has 1 aromatic carbocycles. The van der Waals surface area contributed by atoms with Crippen LogP contribution in [0.5, 0.6) is 0 Å². The molecule has 1 heterocycles. The highest BCUT2D eigenvalue weighted by Gasteiger charge is 2.27. The predicted molar refractivity (Wildman–Crippen MR) is 54.2 cm³/mol. The second-order valence-corrected chi connectivity index (χ2v) is 3.95. The number of fused-ring (bicyclic) bond motifs is 1. The summed E-state index contributed by atoms with van der Waals surface area (Å²) in [6.07, 6.45) is 2.08. The largest absolute Gasteiger partial charge is 0.488 e. The fraction of sp³-hybridized carbons (Fsp3) is 0.333. The van der Waals surface area contributed by atoms with E-state index in [4.69, 9.17) is 4.74 Å². The molecule has 13 heavy (non-hydrogen) atoms. The average Bonchev–Trinajstić information content (AvgIpc) is 2.02. The summed E-state index contributed by atoms with van der Waals surface area (Å²) >= 11 is 0. The molecule has 0 atom stereocenters. The third-order valence-corrected chi connectivity index (χ3v) is 2.38. The van der Waals surface area contributed by atoms with Gasteiger partial charge in [-0.05, 0) is 32.4 Å². The van der Waals surface area contributed by atoms with Gasteiger partial charge >= 0.3 is 0 Å². The third-order valence-electron chi connectivity index (χ3n) is 2.38. The molecule has 0 saturated heterocycles. The van der Waals surface area contributed by atoms with E-state index in [1.807, 2.05) is 6.92 Å². The summed E-state index contributed by atoms with van der Waals surface area (Å²) < 4.78 is 5.76. The first-order valence-electron chi connectivity index (χ1n) is 4.56. The highest BCUT2D eigenvalue weighted by Crippen LogP contribution is 2.35. The Bertz CT molecular complexity index is 361. The summed E-state index contributed by atoms with van der Waals surface area (Å²) in [7, 11) is 0. The molecule has 0 unspecified atom stereocenters. The number of allylic oxidation sites excluding steroid dienone is 1. The Kier molecular flexibility index (Phi) is 1.69. The van der Waals surface area contributed by atoms with Crippen LogP contribution < -0.4 is 0 Å². The minimum absolute atomic E-state index is 0.185. The molecule has 0 fully saturated rings. The van der Waals surface area contributed by atoms with E-state index < -0.39 is 0 Å². The Labute approximate surface area is 79.0 Å². The van der Waals surface area contributed by atoms with Crippen molar-refractivity contribution in [2.75, 3.05) is 0 Å². The molecule has 1 aliphatic heterocycles. The van der Waals surface area contributed by atoms with Crippen LogP contribution in [0, 0.1) is 0 Å². The highest BCUT2D eigenvalue weighted by molar-refractivity contribution is 5.58. The van der Waals surface area contributed by atoms with Gasteiger partial charge in [-0.15, -0.1) is 0 Å². The van der Waals surface area contributed by atoms with E-state index in [1.165, 1.54) is 11.1 Å². The first kappa shape index (κ1) is 8.36. The lowest BCUT2D eigenvalue weighted by Gasteiger charge is -2.32. The summed E-state index contributed by atoms with van der Waals surface area (Å²) in [6, 6.07) is 8.36. The van der Waals surface area contributed by atoms with Gasteiger partial charge in [-0.25, -0.2) is 0 Å². The van der Waals surface area contributed by atoms with Gasteiger partial charge in [0.15, 0.2) is 0 Å². The number of rotatable bonds is 0. The van der Waals surface area contributed by atoms with E-state index in [0.717, 1.165) is 5.76 Å². The van der Waals surface area contributed by atoms with Crippen molar-refractivity contribution in [3.63, 3.8) is 0 Å². The van der Waals surface area contributed by atoms with Gasteiger partial charge in [0.1, 0.15) is 5.60 Å². The van der Waals surface area contributed by atoms with Crippen molar-refractivity contribution in [3.8, 4) is 0 Å². The molecule has 68 valence electrons. The first-order valence-corrected chi connectivity index (χ1v) is 4.56. The van der Waals surface area contributed by atoms with E-state index in [2.05, 4.69) is 44.2 Å². The van der Waals surface area contributed by atoms with E-state index in [1.54, 1.807) is 0 Å². The van der Waals surface area contributed by atoms with E-state index in [-0.39, 0.29) is 5.60 Å². The number of benzene rings is 1. The van der Waals surface area contributed by atoms with E-state index in [0.29, 0.717) is 0 Å². The molecule has 1 nitrogen and oxygen atoms in total. The second kappa shape index (κ2) is 2.63. The molecular formula is C12H14O. The Balaban J connectivity index is 2.62. The van der Waals surface area contributed by atoms with E-state index >= 15 is 0 Å². The van der Waals surface area contributed by atoms with Crippen molar-refractivity contribution < 1.29 is 4.74 Å². The number of hydrogen-bond acceptors (Lipinski definition) is 1. The molecule has 0 amide bonds. The Hall–Kier alpha value is -1.24. The van der Waals surface area contributed by atoms with Crippen molar-refractivity contribution >= 4 is 6.08 Å². The quantitative estimate of drug-likeness (QED) is 0.586. The first-order chi connectivity index (χ1) is 6.09. The number of ether oxygens (including phenoxy) is 1. The Morgan fingerprint density at radius 3 is 2.62 bits per heavy atom. The molecule has 0 radical (unpaired) electrons. The normalized spacial score (nSPS) is 18.5. The minimum Gasteiger partial charge on any atom is -0.488 e. The molecule has 0 aliphatic carbocycles. The van der Waals surface area contributed by atoms with Crippen LogP contribution in [0.15, 0.2) is 30.0 Å². The smallest absolute Gasteiger partial charge is 0.128 e. The molecule has 0 saturated carbocycles. The van der Waals surface area contributed by atoms with E-state index in [9.17, 15) is 0 Å². The molecule has 0 aromatic heterocycles. The van der Waals surface area contributed by atoms with Crippen LogP contribution in [0.4, 0.5) is 0 Å². The van der Waals surface area contributed by atoms with Crippen LogP contribution in [0.25, 0.3) is 6.08 Å². The minimum atomic E-state index is -0.185. The zero-order valence-electron chi connectivity index (χ0n) is 8.29. The van der Waals surface area contributed by atoms with Gasteiger partial charge in [-0.3, -0.25) is 0 Å². The average molecular weight is 174 g/mol. The Morgan fingerprint density at radius 1 is 1.15 bits per heavy atom. The van der Waals surface area contributed by atoms with Crippen molar-refractivity contribution in [3.05, 3.63) is 41.2 Å². The van der Waals surface area contributed by atoms with Crippen molar-refractivity contribution in [1.82, 2.24) is 0 Å². The van der Waals surface area contributed by atoms with Gasteiger partial charge in [0.2, 0.25) is 0 Å². The van der Waals surface area contributed by atoms with Crippen molar-refractivity contribution in [1.29, 1.82) is 0 Å². The SMILES string of the molecule is CC1=Cc2ccccc2C(C)(C)O1. The number of hydrogen-bond donors (Lipinski definition) is 0. The van der Waals surface area contributed by atoms with Gasteiger partial charge < -0.3 is 4.74 Å². The van der Waals surface area contributed by atoms with Crippen LogP contribution >= 0.6 is 0 Å². The van der Waals surface area contributed by atoms with Gasteiger partial charge in [-0.2, -0.15) is 0 Å². The summed E-state index contributed by atoms with van der Waals surface area (Å²) in [5.74, 6) is 0.990. The summed E-state index contributed by atoms with van der Waals surface area (Å²) in [5.41, 5.74) is 2.35. The lowest BCUT2D eigenvalue weighted by atomic mass is 9.90. The van der Waals surface area contributed by atoms with Crippen LogP contribution in [0.3, 0.4) is 0 Å². The lowest BCUT2D eigenvalue weighted by Crippen LogP contribution is -2.24. The van der Waals surface area contributed by atoms with Gasteiger partial charge in [0, 0.05) is 5.56 Å². The summed E-state index contributed by atoms with van der Waals surface area (Å²) in [5, 5.41) is 0. The highest BCUT2D eigenvalue weighted by atomic mass is 16.5. The summed E-state index contributed by atoms with van der Waals surface area (Å²) in [6.45, 7) is 6.20. The van der Waals surface area contributed by atoms with Crippen molar-refractivity contribution in [2.24, 2.45) is 0 Å². The molecular weight excluding hydrogens is 160 g/mol. The van der Waals surface area contributed by atoms with Crippen molar-refractivity contribution in [2.45, 2.75) is 26.4 Å². The topological polar surface area (TPSA) is 9.23 Å². The second-order valence-electron chi connectivity index (χ2n) is 3.95. The zero-order valence-corrected chi connectivity index (χ0v) is 8.29. The Morgan fingerprint density at radius 2 is 1.85 bits per heavy atom. The molecule has 0 N–H and O–H groups in total. The maximum atomic E-state index is 5.76. The maximum Gasteiger partial charge on any atom is 0.128 e. The van der Waals surface area contributed by atoms with Crippen LogP contribution in [-0.2, 0) is 10.3 Å². The third kappa shape index (κ3) is 1.35. The molecule has 1 aromatic rings. The monoisotopic (exact) mass is 174 g/mol. The van der Waals surface area contributed by atoms with Gasteiger partial charge in [-0.1, -0.05) is 24.3 Å².